The molecule has 2 amide bonds. The lowest BCUT2D eigenvalue weighted by atomic mass is 10.1. The van der Waals surface area contributed by atoms with Crippen LogP contribution in [0.25, 0.3) is 0 Å². The van der Waals surface area contributed by atoms with Crippen LogP contribution in [0.15, 0.2) is 59.7 Å². The first-order valence-electron chi connectivity index (χ1n) is 8.63. The van der Waals surface area contributed by atoms with Crippen molar-refractivity contribution in [2.24, 2.45) is 11.0 Å². The Balaban J connectivity index is 1.60. The van der Waals surface area contributed by atoms with Gasteiger partial charge in [-0.15, -0.1) is 0 Å². The molecular weight excluding hydrogens is 371 g/mol. The zero-order chi connectivity index (χ0) is 20.3. The molecule has 2 unspecified atom stereocenters. The lowest BCUT2D eigenvalue weighted by Crippen LogP contribution is -2.30. The number of carbonyl (C=O) groups is 2. The first-order valence-corrected chi connectivity index (χ1v) is 8.63. The van der Waals surface area contributed by atoms with Gasteiger partial charge in [-0.25, -0.2) is 5.43 Å². The highest BCUT2D eigenvalue weighted by molar-refractivity contribution is 6.01. The molecule has 5 nitrogen and oxygen atoms in total. The monoisotopic (exact) mass is 389 g/mol. The first kappa shape index (κ1) is 19.6. The fraction of sp³-hybridized carbons (Fsp3) is 0.250. The summed E-state index contributed by atoms with van der Waals surface area (Å²) < 4.78 is 37.1. The summed E-state index contributed by atoms with van der Waals surface area (Å²) in [5, 5.41) is 5.82. The van der Waals surface area contributed by atoms with Crippen LogP contribution in [0.1, 0.15) is 30.4 Å². The van der Waals surface area contributed by atoms with Gasteiger partial charge in [-0.2, -0.15) is 18.3 Å². The van der Waals surface area contributed by atoms with Crippen LogP contribution in [0.3, 0.4) is 0 Å². The van der Waals surface area contributed by atoms with Crippen molar-refractivity contribution in [3.63, 3.8) is 0 Å². The first-order chi connectivity index (χ1) is 13.3. The number of rotatable bonds is 5. The number of carbonyl (C=O) groups excluding carboxylic acids is 2. The number of alkyl halides is 3. The van der Waals surface area contributed by atoms with E-state index in [2.05, 4.69) is 10.5 Å². The van der Waals surface area contributed by atoms with Gasteiger partial charge in [-0.05, 0) is 42.5 Å². The zero-order valence-corrected chi connectivity index (χ0v) is 15.0. The fourth-order valence-corrected chi connectivity index (χ4v) is 2.86. The molecule has 0 aromatic heterocycles. The highest BCUT2D eigenvalue weighted by Gasteiger charge is 2.43. The summed E-state index contributed by atoms with van der Waals surface area (Å²) in [5.41, 5.74) is 4.50. The summed E-state index contributed by atoms with van der Waals surface area (Å²) in [5.74, 6) is -2.21. The number of nitrogens with one attached hydrogen (secondary N) is 2. The molecule has 0 radical (unpaired) electrons. The number of halogens is 3. The van der Waals surface area contributed by atoms with E-state index >= 15 is 0 Å². The Morgan fingerprint density at radius 2 is 1.79 bits per heavy atom. The van der Waals surface area contributed by atoms with E-state index in [0.717, 1.165) is 12.0 Å². The van der Waals surface area contributed by atoms with Crippen molar-refractivity contribution in [2.75, 3.05) is 5.32 Å². The maximum absolute atomic E-state index is 12.4. The van der Waals surface area contributed by atoms with Gasteiger partial charge in [0.05, 0.1) is 5.71 Å². The van der Waals surface area contributed by atoms with E-state index in [9.17, 15) is 22.8 Å². The van der Waals surface area contributed by atoms with E-state index in [0.29, 0.717) is 11.3 Å². The van der Waals surface area contributed by atoms with Crippen molar-refractivity contribution in [3.8, 4) is 0 Å². The highest BCUT2D eigenvalue weighted by atomic mass is 19.4. The molecule has 146 valence electrons. The van der Waals surface area contributed by atoms with Crippen molar-refractivity contribution >= 4 is 23.2 Å². The average Bonchev–Trinajstić information content (AvgIpc) is 3.47. The minimum Gasteiger partial charge on any atom is -0.318 e. The Hall–Kier alpha value is -3.16. The number of hydrazone groups is 1. The van der Waals surface area contributed by atoms with Crippen LogP contribution in [0.2, 0.25) is 0 Å². The van der Waals surface area contributed by atoms with Crippen molar-refractivity contribution in [3.05, 3.63) is 65.7 Å². The normalized spacial score (nSPS) is 19.1. The van der Waals surface area contributed by atoms with Crippen LogP contribution in [0, 0.1) is 5.92 Å². The minimum atomic E-state index is -4.97. The van der Waals surface area contributed by atoms with Crippen molar-refractivity contribution < 1.29 is 22.8 Å². The summed E-state index contributed by atoms with van der Waals surface area (Å²) in [6.07, 6.45) is -4.21. The molecule has 2 atom stereocenters. The van der Waals surface area contributed by atoms with Crippen LogP contribution < -0.4 is 10.7 Å². The molecule has 8 heteroatoms. The van der Waals surface area contributed by atoms with Gasteiger partial charge < -0.3 is 5.32 Å². The Morgan fingerprint density at radius 1 is 1.07 bits per heavy atom. The van der Waals surface area contributed by atoms with Gasteiger partial charge in [0.25, 0.3) is 0 Å². The van der Waals surface area contributed by atoms with E-state index in [1.165, 1.54) is 18.2 Å². The van der Waals surface area contributed by atoms with Gasteiger partial charge in [-0.3, -0.25) is 9.59 Å². The van der Waals surface area contributed by atoms with E-state index < -0.39 is 12.1 Å². The van der Waals surface area contributed by atoms with Gasteiger partial charge in [0.15, 0.2) is 0 Å². The minimum absolute atomic E-state index is 0.00737. The third-order valence-corrected chi connectivity index (χ3v) is 4.48. The van der Waals surface area contributed by atoms with Crippen molar-refractivity contribution in [1.29, 1.82) is 0 Å². The van der Waals surface area contributed by atoms with E-state index in [-0.39, 0.29) is 23.4 Å². The van der Waals surface area contributed by atoms with Gasteiger partial charge in [0.2, 0.25) is 5.91 Å². The maximum atomic E-state index is 12.4. The molecule has 28 heavy (non-hydrogen) atoms. The molecule has 3 rings (SSSR count). The number of benzene rings is 2. The molecule has 2 aromatic rings. The Kier molecular flexibility index (Phi) is 5.48. The van der Waals surface area contributed by atoms with Crippen LogP contribution in [0.4, 0.5) is 18.9 Å². The van der Waals surface area contributed by atoms with Gasteiger partial charge in [0, 0.05) is 11.6 Å². The van der Waals surface area contributed by atoms with E-state index in [1.807, 2.05) is 30.3 Å². The van der Waals surface area contributed by atoms with E-state index in [1.54, 1.807) is 18.3 Å². The lowest BCUT2D eigenvalue weighted by molar-refractivity contribution is -0.167. The number of hydrogen-bond acceptors (Lipinski definition) is 3. The summed E-state index contributed by atoms with van der Waals surface area (Å²) in [7, 11) is 0. The quantitative estimate of drug-likeness (QED) is 0.603. The predicted molar refractivity (Wildman–Crippen MR) is 98.8 cm³/mol. The second kappa shape index (κ2) is 7.84. The molecule has 1 aliphatic carbocycles. The van der Waals surface area contributed by atoms with Crippen LogP contribution in [-0.4, -0.2) is 23.7 Å². The molecule has 1 fully saturated rings. The second-order valence-corrected chi connectivity index (χ2v) is 6.57. The lowest BCUT2D eigenvalue weighted by Gasteiger charge is -2.09. The molecule has 0 bridgehead atoms. The molecule has 0 spiro atoms. The van der Waals surface area contributed by atoms with Gasteiger partial charge in [0.1, 0.15) is 0 Å². The number of nitrogens with zero attached hydrogens (tertiary/aromatic N) is 1. The number of hydrogen-bond donors (Lipinski definition) is 2. The highest BCUT2D eigenvalue weighted by Crippen LogP contribution is 2.47. The zero-order valence-electron chi connectivity index (χ0n) is 15.0. The molecule has 1 saturated carbocycles. The molecule has 2 N–H and O–H groups in total. The standard InChI is InChI=1S/C20H18F3N3O2/c1-12(14-8-5-9-15(10-14)24-19(28)20(21,22)23)25-26-18(27)17-11-16(17)13-6-3-2-4-7-13/h2-10,16-17H,11H2,1H3,(H,24,28)(H,26,27). The molecule has 2 aromatic carbocycles. The van der Waals surface area contributed by atoms with Crippen molar-refractivity contribution in [2.45, 2.75) is 25.4 Å². The molecule has 0 heterocycles. The van der Waals surface area contributed by atoms with Crippen LogP contribution in [-0.2, 0) is 9.59 Å². The molecular formula is C20H18F3N3O2. The summed E-state index contributed by atoms with van der Waals surface area (Å²) in [6, 6.07) is 15.5. The molecule has 0 saturated heterocycles. The molecule has 1 aliphatic rings. The Morgan fingerprint density at radius 3 is 2.46 bits per heavy atom. The smallest absolute Gasteiger partial charge is 0.318 e. The number of amides is 2. The average molecular weight is 389 g/mol. The van der Waals surface area contributed by atoms with Crippen LogP contribution >= 0.6 is 0 Å². The van der Waals surface area contributed by atoms with Crippen molar-refractivity contribution in [1.82, 2.24) is 5.43 Å². The van der Waals surface area contributed by atoms with Gasteiger partial charge in [-0.1, -0.05) is 42.5 Å². The summed E-state index contributed by atoms with van der Waals surface area (Å²) >= 11 is 0. The third kappa shape index (κ3) is 4.76. The van der Waals surface area contributed by atoms with E-state index in [4.69, 9.17) is 0 Å². The summed E-state index contributed by atoms with van der Waals surface area (Å²) in [6.45, 7) is 1.62. The topological polar surface area (TPSA) is 70.6 Å². The third-order valence-electron chi connectivity index (χ3n) is 4.48. The fourth-order valence-electron chi connectivity index (χ4n) is 2.86. The number of anilines is 1. The van der Waals surface area contributed by atoms with Crippen LogP contribution in [0.5, 0.6) is 0 Å². The largest absolute Gasteiger partial charge is 0.471 e. The second-order valence-electron chi connectivity index (χ2n) is 6.57. The molecule has 0 aliphatic heterocycles. The predicted octanol–water partition coefficient (Wildman–Crippen LogP) is 3.83. The Labute approximate surface area is 159 Å². The Bertz CT molecular complexity index is 910. The SMILES string of the molecule is CC(=NNC(=O)C1CC1c1ccccc1)c1cccc(NC(=O)C(F)(F)F)c1. The maximum Gasteiger partial charge on any atom is 0.471 e. The summed E-state index contributed by atoms with van der Waals surface area (Å²) in [4.78, 5) is 23.3. The van der Waals surface area contributed by atoms with Gasteiger partial charge >= 0.3 is 12.1 Å².